The van der Waals surface area contributed by atoms with Crippen molar-refractivity contribution in [3.05, 3.63) is 29.3 Å². The fourth-order valence-electron chi connectivity index (χ4n) is 10.4. The van der Waals surface area contributed by atoms with E-state index in [1.807, 2.05) is 6.07 Å². The Hall–Kier alpha value is -2.24. The van der Waals surface area contributed by atoms with Gasteiger partial charge in [0.25, 0.3) is 0 Å². The third-order valence-electron chi connectivity index (χ3n) is 13.4. The molecule has 0 spiro atoms. The molecule has 2 amide bonds. The van der Waals surface area contributed by atoms with Crippen molar-refractivity contribution >= 4 is 12.2 Å². The van der Waals surface area contributed by atoms with Gasteiger partial charge < -0.3 is 20.5 Å². The number of carbonyl (C=O) groups is 2. The van der Waals surface area contributed by atoms with Gasteiger partial charge in [0.1, 0.15) is 5.75 Å². The van der Waals surface area contributed by atoms with Gasteiger partial charge in [-0.2, -0.15) is 0 Å². The number of carboxylic acid groups (broad SMARTS) is 1. The van der Waals surface area contributed by atoms with E-state index in [1.165, 1.54) is 210 Å². The molecule has 2 rings (SSSR count). The Balaban J connectivity index is 1.79. The quantitative estimate of drug-likeness (QED) is 0.0579. The average molecular weight is 839 g/mol. The third kappa shape index (κ3) is 27.7. The number of nitrogens with one attached hydrogen (secondary N) is 2. The average Bonchev–Trinajstić information content (AvgIpc) is 3.19. The maximum Gasteiger partial charge on any atom is 0.412 e. The van der Waals surface area contributed by atoms with Crippen LogP contribution in [-0.4, -0.2) is 29.9 Å². The lowest BCUT2D eigenvalue weighted by molar-refractivity contribution is 0.0695. The Kier molecular flexibility index (Phi) is 30.8. The molecule has 2 atom stereocenters. The second-order valence-electron chi connectivity index (χ2n) is 20.4. The molecule has 1 aliphatic rings. The molecular weight excluding hydrogens is 741 g/mol. The first-order chi connectivity index (χ1) is 29.1. The summed E-state index contributed by atoms with van der Waals surface area (Å²) in [6.45, 7) is 11.6. The standard InChI is InChI=1S/C54H98N2O4/c1-6-8-10-12-14-16-18-20-22-24-26-28-30-32-34-36-39-47-40-38-42-50(60-52(59)55-46-54(5)44-48(56-51(57)58)43-53(3,4)45-54)49(47)41-37-35-33-31-29-27-25-23-21-19-17-15-13-11-9-7-2/h38,40,42,48,56H,6-37,39,41,43-46H2,1-5H3,(H,55,59)(H,57,58). The second kappa shape index (κ2) is 34.3. The van der Waals surface area contributed by atoms with Gasteiger partial charge >= 0.3 is 12.2 Å². The SMILES string of the molecule is CCCCCCCCCCCCCCCCCCc1cccc(OC(=O)NCC2(C)CC(NC(=O)O)CC(C)(C)C2)c1CCCCCCCCCCCCCCCCCC. The molecule has 0 aromatic heterocycles. The monoisotopic (exact) mass is 839 g/mol. The van der Waals surface area contributed by atoms with Crippen molar-refractivity contribution in [2.24, 2.45) is 10.8 Å². The Morgan fingerprint density at radius 3 is 1.40 bits per heavy atom. The predicted octanol–water partition coefficient (Wildman–Crippen LogP) is 17.2. The van der Waals surface area contributed by atoms with Gasteiger partial charge in [0, 0.05) is 12.6 Å². The second-order valence-corrected chi connectivity index (χ2v) is 20.4. The minimum absolute atomic E-state index is 0.0210. The largest absolute Gasteiger partial charge is 0.465 e. The molecule has 0 aliphatic heterocycles. The van der Waals surface area contributed by atoms with Crippen LogP contribution in [0.25, 0.3) is 0 Å². The van der Waals surface area contributed by atoms with E-state index in [9.17, 15) is 14.7 Å². The fraction of sp³-hybridized carbons (Fsp3) is 0.852. The molecule has 0 heterocycles. The molecule has 2 unspecified atom stereocenters. The van der Waals surface area contributed by atoms with Crippen LogP contribution in [0, 0.1) is 10.8 Å². The Morgan fingerprint density at radius 1 is 0.583 bits per heavy atom. The number of amides is 2. The van der Waals surface area contributed by atoms with E-state index in [-0.39, 0.29) is 16.9 Å². The lowest BCUT2D eigenvalue weighted by atomic mass is 9.62. The normalized spacial score (nSPS) is 17.4. The molecule has 0 saturated heterocycles. The molecule has 1 aromatic carbocycles. The highest BCUT2D eigenvalue weighted by Gasteiger charge is 2.42. The van der Waals surface area contributed by atoms with Gasteiger partial charge in [-0.05, 0) is 73.0 Å². The number of carbonyl (C=O) groups excluding carboxylic acids is 1. The topological polar surface area (TPSA) is 87.7 Å². The minimum Gasteiger partial charge on any atom is -0.465 e. The molecule has 0 radical (unpaired) electrons. The molecule has 3 N–H and O–H groups in total. The zero-order valence-corrected chi connectivity index (χ0v) is 40.4. The summed E-state index contributed by atoms with van der Waals surface area (Å²) in [4.78, 5) is 24.8. The van der Waals surface area contributed by atoms with Crippen molar-refractivity contribution in [3.8, 4) is 5.75 Å². The van der Waals surface area contributed by atoms with Crippen LogP contribution in [-0.2, 0) is 12.8 Å². The summed E-state index contributed by atoms with van der Waals surface area (Å²) < 4.78 is 6.12. The summed E-state index contributed by atoms with van der Waals surface area (Å²) in [6, 6.07) is 6.19. The summed E-state index contributed by atoms with van der Waals surface area (Å²) in [6.07, 6.45) is 46.7. The number of unbranched alkanes of at least 4 members (excludes halogenated alkanes) is 30. The smallest absolute Gasteiger partial charge is 0.412 e. The van der Waals surface area contributed by atoms with E-state index in [2.05, 4.69) is 57.4 Å². The zero-order chi connectivity index (χ0) is 43.6. The summed E-state index contributed by atoms with van der Waals surface area (Å²) in [5.74, 6) is 0.710. The van der Waals surface area contributed by atoms with Crippen molar-refractivity contribution in [1.29, 1.82) is 0 Å². The van der Waals surface area contributed by atoms with Crippen molar-refractivity contribution in [1.82, 2.24) is 10.6 Å². The van der Waals surface area contributed by atoms with Crippen LogP contribution in [0.1, 0.15) is 270 Å². The third-order valence-corrected chi connectivity index (χ3v) is 13.4. The van der Waals surface area contributed by atoms with E-state index in [0.717, 1.165) is 32.1 Å². The Morgan fingerprint density at radius 2 is 0.983 bits per heavy atom. The number of hydrogen-bond donors (Lipinski definition) is 3. The first-order valence-corrected chi connectivity index (χ1v) is 26.1. The van der Waals surface area contributed by atoms with E-state index in [0.29, 0.717) is 18.7 Å². The summed E-state index contributed by atoms with van der Waals surface area (Å²) in [5.41, 5.74) is 2.32. The number of ether oxygens (including phenoxy) is 1. The van der Waals surface area contributed by atoms with Gasteiger partial charge in [0.05, 0.1) is 0 Å². The van der Waals surface area contributed by atoms with Crippen LogP contribution in [0.4, 0.5) is 9.59 Å². The van der Waals surface area contributed by atoms with Crippen LogP contribution < -0.4 is 15.4 Å². The van der Waals surface area contributed by atoms with Gasteiger partial charge in [0.2, 0.25) is 0 Å². The summed E-state index contributed by atoms with van der Waals surface area (Å²) in [5, 5.41) is 15.2. The Labute approximate surface area is 371 Å². The maximum absolute atomic E-state index is 13.4. The molecule has 1 saturated carbocycles. The van der Waals surface area contributed by atoms with Gasteiger partial charge in [0.15, 0.2) is 0 Å². The molecule has 6 heteroatoms. The number of benzene rings is 1. The first-order valence-electron chi connectivity index (χ1n) is 26.1. The molecule has 348 valence electrons. The molecular formula is C54H98N2O4. The molecule has 1 aromatic rings. The Bertz CT molecular complexity index is 1220. The van der Waals surface area contributed by atoms with Gasteiger partial charge in [-0.3, -0.25) is 0 Å². The highest BCUT2D eigenvalue weighted by molar-refractivity contribution is 5.71. The molecule has 1 fully saturated rings. The van der Waals surface area contributed by atoms with Crippen LogP contribution >= 0.6 is 0 Å². The van der Waals surface area contributed by atoms with Crippen molar-refractivity contribution in [3.63, 3.8) is 0 Å². The lowest BCUT2D eigenvalue weighted by Crippen LogP contribution is -2.50. The summed E-state index contributed by atoms with van der Waals surface area (Å²) in [7, 11) is 0. The minimum atomic E-state index is -0.983. The zero-order valence-electron chi connectivity index (χ0n) is 40.4. The van der Waals surface area contributed by atoms with Crippen molar-refractivity contribution in [2.75, 3.05) is 6.54 Å². The van der Waals surface area contributed by atoms with Crippen molar-refractivity contribution in [2.45, 2.75) is 278 Å². The molecule has 0 bridgehead atoms. The number of rotatable bonds is 38. The number of hydrogen-bond acceptors (Lipinski definition) is 3. The van der Waals surface area contributed by atoms with E-state index >= 15 is 0 Å². The van der Waals surface area contributed by atoms with Crippen LogP contribution in [0.5, 0.6) is 5.75 Å². The maximum atomic E-state index is 13.4. The van der Waals surface area contributed by atoms with E-state index < -0.39 is 12.2 Å². The highest BCUT2D eigenvalue weighted by Crippen LogP contribution is 2.45. The predicted molar refractivity (Wildman–Crippen MR) is 258 cm³/mol. The fourth-order valence-corrected chi connectivity index (χ4v) is 10.4. The van der Waals surface area contributed by atoms with Gasteiger partial charge in [-0.1, -0.05) is 239 Å². The van der Waals surface area contributed by atoms with E-state index in [1.54, 1.807) is 0 Å². The molecule has 6 nitrogen and oxygen atoms in total. The molecule has 60 heavy (non-hydrogen) atoms. The number of aryl methyl sites for hydroxylation is 1. The first kappa shape index (κ1) is 53.9. The van der Waals surface area contributed by atoms with Gasteiger partial charge in [-0.25, -0.2) is 9.59 Å². The highest BCUT2D eigenvalue weighted by atomic mass is 16.6. The van der Waals surface area contributed by atoms with Crippen LogP contribution in [0.3, 0.4) is 0 Å². The summed E-state index contributed by atoms with van der Waals surface area (Å²) >= 11 is 0. The van der Waals surface area contributed by atoms with Crippen molar-refractivity contribution < 1.29 is 19.4 Å². The van der Waals surface area contributed by atoms with Crippen LogP contribution in [0.2, 0.25) is 0 Å². The molecule has 1 aliphatic carbocycles. The lowest BCUT2D eigenvalue weighted by Gasteiger charge is -2.46. The van der Waals surface area contributed by atoms with E-state index in [4.69, 9.17) is 4.74 Å². The van der Waals surface area contributed by atoms with Crippen LogP contribution in [0.15, 0.2) is 18.2 Å². The van der Waals surface area contributed by atoms with Gasteiger partial charge in [-0.15, -0.1) is 0 Å².